The minimum Gasteiger partial charge on any atom is -0.508 e. The molecular formula is C12H12O2. The number of aromatic hydroxyl groups is 2. The Kier molecular flexibility index (Phi) is 4.08. The SMILES string of the molecule is Oc1ccc(O)cc1.c1ccccc1. The first kappa shape index (κ1) is 10.1. The van der Waals surface area contributed by atoms with Crippen molar-refractivity contribution in [3.8, 4) is 11.5 Å². The summed E-state index contributed by atoms with van der Waals surface area (Å²) in [6.07, 6.45) is 0. The van der Waals surface area contributed by atoms with Gasteiger partial charge < -0.3 is 10.2 Å². The van der Waals surface area contributed by atoms with Gasteiger partial charge in [-0.25, -0.2) is 0 Å². The summed E-state index contributed by atoms with van der Waals surface area (Å²) in [5.74, 6) is 0.339. The van der Waals surface area contributed by atoms with Gasteiger partial charge in [-0.15, -0.1) is 0 Å². The molecule has 2 rings (SSSR count). The second-order valence-corrected chi connectivity index (χ2v) is 2.67. The van der Waals surface area contributed by atoms with Crippen molar-refractivity contribution in [1.82, 2.24) is 0 Å². The average molecular weight is 188 g/mol. The fraction of sp³-hybridized carbons (Fsp3) is 0. The van der Waals surface area contributed by atoms with Crippen LogP contribution < -0.4 is 0 Å². The molecule has 14 heavy (non-hydrogen) atoms. The topological polar surface area (TPSA) is 40.5 Å². The summed E-state index contributed by atoms with van der Waals surface area (Å²) in [5, 5.41) is 17.3. The van der Waals surface area contributed by atoms with Crippen LogP contribution in [0.2, 0.25) is 0 Å². The van der Waals surface area contributed by atoms with E-state index in [0.29, 0.717) is 0 Å². The van der Waals surface area contributed by atoms with E-state index < -0.39 is 0 Å². The summed E-state index contributed by atoms with van der Waals surface area (Å²) < 4.78 is 0. The molecule has 0 radical (unpaired) electrons. The lowest BCUT2D eigenvalue weighted by Gasteiger charge is -1.88. The van der Waals surface area contributed by atoms with E-state index in [9.17, 15) is 0 Å². The number of rotatable bonds is 0. The smallest absolute Gasteiger partial charge is 0.115 e. The van der Waals surface area contributed by atoms with Crippen LogP contribution in [0.25, 0.3) is 0 Å². The van der Waals surface area contributed by atoms with Gasteiger partial charge in [-0.1, -0.05) is 36.4 Å². The zero-order chi connectivity index (χ0) is 10.2. The van der Waals surface area contributed by atoms with Crippen molar-refractivity contribution in [3.05, 3.63) is 60.7 Å². The first-order valence-corrected chi connectivity index (χ1v) is 4.27. The summed E-state index contributed by atoms with van der Waals surface area (Å²) in [6, 6.07) is 17.7. The van der Waals surface area contributed by atoms with Gasteiger partial charge in [0.1, 0.15) is 11.5 Å². The molecule has 2 N–H and O–H groups in total. The first-order chi connectivity index (χ1) is 6.79. The average Bonchev–Trinajstić information content (AvgIpc) is 2.26. The van der Waals surface area contributed by atoms with Gasteiger partial charge in [-0.2, -0.15) is 0 Å². The van der Waals surface area contributed by atoms with Crippen molar-refractivity contribution in [3.63, 3.8) is 0 Å². The van der Waals surface area contributed by atoms with Crippen molar-refractivity contribution in [2.75, 3.05) is 0 Å². The van der Waals surface area contributed by atoms with E-state index in [1.165, 1.54) is 24.3 Å². The zero-order valence-corrected chi connectivity index (χ0v) is 7.67. The highest BCUT2D eigenvalue weighted by Gasteiger charge is 1.84. The van der Waals surface area contributed by atoms with Crippen molar-refractivity contribution in [2.24, 2.45) is 0 Å². The lowest BCUT2D eigenvalue weighted by molar-refractivity contribution is 0.460. The van der Waals surface area contributed by atoms with Gasteiger partial charge in [0.2, 0.25) is 0 Å². The van der Waals surface area contributed by atoms with E-state index in [2.05, 4.69) is 0 Å². The van der Waals surface area contributed by atoms with Gasteiger partial charge >= 0.3 is 0 Å². The lowest BCUT2D eigenvalue weighted by atomic mass is 10.3. The molecule has 0 saturated heterocycles. The van der Waals surface area contributed by atoms with E-state index in [0.717, 1.165) is 0 Å². The molecule has 0 aromatic heterocycles. The van der Waals surface area contributed by atoms with E-state index >= 15 is 0 Å². The fourth-order valence-corrected chi connectivity index (χ4v) is 0.838. The molecule has 0 atom stereocenters. The number of phenols is 2. The summed E-state index contributed by atoms with van der Waals surface area (Å²) in [6.45, 7) is 0. The molecule has 0 bridgehead atoms. The van der Waals surface area contributed by atoms with E-state index in [4.69, 9.17) is 10.2 Å². The highest BCUT2D eigenvalue weighted by atomic mass is 16.3. The molecule has 2 heteroatoms. The maximum atomic E-state index is 8.65. The van der Waals surface area contributed by atoms with Crippen molar-refractivity contribution in [2.45, 2.75) is 0 Å². The van der Waals surface area contributed by atoms with Gasteiger partial charge in [-0.05, 0) is 24.3 Å². The molecule has 72 valence electrons. The Hall–Kier alpha value is -1.96. The molecule has 0 aliphatic rings. The van der Waals surface area contributed by atoms with Crippen molar-refractivity contribution >= 4 is 0 Å². The second kappa shape index (κ2) is 5.65. The standard InChI is InChI=1S/C6H6O2.C6H6/c7-5-1-2-6(8)4-3-5;1-2-4-6-5-3-1/h1-4,7-8H;1-6H. The fourth-order valence-electron chi connectivity index (χ4n) is 0.838. The molecule has 0 heterocycles. The molecule has 0 amide bonds. The Bertz CT molecular complexity index is 293. The molecule has 0 spiro atoms. The van der Waals surface area contributed by atoms with Crippen LogP contribution in [0.3, 0.4) is 0 Å². The van der Waals surface area contributed by atoms with Gasteiger partial charge in [0, 0.05) is 0 Å². The van der Waals surface area contributed by atoms with Crippen LogP contribution in [-0.2, 0) is 0 Å². The summed E-state index contributed by atoms with van der Waals surface area (Å²) >= 11 is 0. The minimum atomic E-state index is 0.169. The Balaban J connectivity index is 0.000000146. The van der Waals surface area contributed by atoms with Crippen LogP contribution in [0.15, 0.2) is 60.7 Å². The Labute approximate surface area is 83.1 Å². The third-order valence-corrected chi connectivity index (χ3v) is 1.52. The molecule has 2 nitrogen and oxygen atoms in total. The highest BCUT2D eigenvalue weighted by molar-refractivity contribution is 5.28. The monoisotopic (exact) mass is 188 g/mol. The third-order valence-electron chi connectivity index (χ3n) is 1.52. The second-order valence-electron chi connectivity index (χ2n) is 2.67. The zero-order valence-electron chi connectivity index (χ0n) is 7.67. The summed E-state index contributed by atoms with van der Waals surface area (Å²) in [5.41, 5.74) is 0. The Morgan fingerprint density at radius 3 is 0.929 bits per heavy atom. The van der Waals surface area contributed by atoms with E-state index in [-0.39, 0.29) is 11.5 Å². The number of hydrogen-bond donors (Lipinski definition) is 2. The quantitative estimate of drug-likeness (QED) is 0.624. The third kappa shape index (κ3) is 4.16. The molecule has 0 fully saturated rings. The number of phenolic OH excluding ortho intramolecular Hbond substituents is 2. The van der Waals surface area contributed by atoms with E-state index in [1.807, 2.05) is 36.4 Å². The van der Waals surface area contributed by atoms with Crippen LogP contribution in [0.1, 0.15) is 0 Å². The Morgan fingerprint density at radius 1 is 0.500 bits per heavy atom. The van der Waals surface area contributed by atoms with E-state index in [1.54, 1.807) is 0 Å². The number of hydrogen-bond acceptors (Lipinski definition) is 2. The van der Waals surface area contributed by atoms with Crippen LogP contribution in [0, 0.1) is 0 Å². The van der Waals surface area contributed by atoms with Crippen LogP contribution in [-0.4, -0.2) is 10.2 Å². The first-order valence-electron chi connectivity index (χ1n) is 4.27. The van der Waals surface area contributed by atoms with Crippen LogP contribution >= 0.6 is 0 Å². The lowest BCUT2D eigenvalue weighted by Crippen LogP contribution is -1.61. The van der Waals surface area contributed by atoms with Crippen LogP contribution in [0.5, 0.6) is 11.5 Å². The highest BCUT2D eigenvalue weighted by Crippen LogP contribution is 2.13. The molecule has 0 aliphatic heterocycles. The molecule has 2 aromatic carbocycles. The largest absolute Gasteiger partial charge is 0.508 e. The minimum absolute atomic E-state index is 0.169. The molecular weight excluding hydrogens is 176 g/mol. The van der Waals surface area contributed by atoms with Gasteiger partial charge in [0.05, 0.1) is 0 Å². The number of benzene rings is 2. The summed E-state index contributed by atoms with van der Waals surface area (Å²) in [7, 11) is 0. The Morgan fingerprint density at radius 2 is 0.714 bits per heavy atom. The van der Waals surface area contributed by atoms with Crippen molar-refractivity contribution < 1.29 is 10.2 Å². The normalized spacial score (nSPS) is 8.57. The maximum Gasteiger partial charge on any atom is 0.115 e. The van der Waals surface area contributed by atoms with Crippen molar-refractivity contribution in [1.29, 1.82) is 0 Å². The maximum absolute atomic E-state index is 8.65. The molecule has 0 saturated carbocycles. The molecule has 0 aliphatic carbocycles. The van der Waals surface area contributed by atoms with Crippen LogP contribution in [0.4, 0.5) is 0 Å². The van der Waals surface area contributed by atoms with Gasteiger partial charge in [0.25, 0.3) is 0 Å². The molecule has 2 aromatic rings. The molecule has 0 unspecified atom stereocenters. The van der Waals surface area contributed by atoms with Gasteiger partial charge in [0.15, 0.2) is 0 Å². The predicted molar refractivity (Wildman–Crippen MR) is 56.2 cm³/mol. The summed E-state index contributed by atoms with van der Waals surface area (Å²) in [4.78, 5) is 0. The predicted octanol–water partition coefficient (Wildman–Crippen LogP) is 2.78. The van der Waals surface area contributed by atoms with Gasteiger partial charge in [-0.3, -0.25) is 0 Å².